The third-order valence-electron chi connectivity index (χ3n) is 2.48. The van der Waals surface area contributed by atoms with E-state index in [2.05, 4.69) is 25.8 Å². The summed E-state index contributed by atoms with van der Waals surface area (Å²) in [6.45, 7) is 2.44. The van der Waals surface area contributed by atoms with Crippen molar-refractivity contribution in [3.63, 3.8) is 0 Å². The molecular weight excluding hydrogens is 242 g/mol. The van der Waals surface area contributed by atoms with Crippen molar-refractivity contribution < 1.29 is 4.79 Å². The highest BCUT2D eigenvalue weighted by molar-refractivity contribution is 5.89. The monoisotopic (exact) mass is 257 g/mol. The van der Waals surface area contributed by atoms with Crippen LogP contribution in [0.2, 0.25) is 0 Å². The SMILES string of the molecule is CCC(=O)Nc1ccc(NCc2ccncc2)nn1. The van der Waals surface area contributed by atoms with Crippen LogP contribution in [-0.4, -0.2) is 21.1 Å². The van der Waals surface area contributed by atoms with Gasteiger partial charge >= 0.3 is 0 Å². The van der Waals surface area contributed by atoms with Gasteiger partial charge in [-0.05, 0) is 29.8 Å². The number of carbonyl (C=O) groups is 1. The maximum Gasteiger partial charge on any atom is 0.225 e. The smallest absolute Gasteiger partial charge is 0.225 e. The third kappa shape index (κ3) is 4.02. The van der Waals surface area contributed by atoms with Crippen molar-refractivity contribution in [1.82, 2.24) is 15.2 Å². The zero-order valence-electron chi connectivity index (χ0n) is 10.6. The van der Waals surface area contributed by atoms with Crippen LogP contribution in [0.4, 0.5) is 11.6 Å². The summed E-state index contributed by atoms with van der Waals surface area (Å²) in [6, 6.07) is 7.35. The van der Waals surface area contributed by atoms with E-state index in [4.69, 9.17) is 0 Å². The maximum atomic E-state index is 11.2. The number of amides is 1. The fourth-order valence-corrected chi connectivity index (χ4v) is 1.42. The van der Waals surface area contributed by atoms with Crippen LogP contribution in [0.15, 0.2) is 36.7 Å². The first-order valence-corrected chi connectivity index (χ1v) is 6.04. The van der Waals surface area contributed by atoms with Gasteiger partial charge in [0.15, 0.2) is 5.82 Å². The minimum atomic E-state index is -0.0770. The summed E-state index contributed by atoms with van der Waals surface area (Å²) in [4.78, 5) is 15.1. The predicted octanol–water partition coefficient (Wildman–Crippen LogP) is 1.83. The molecule has 0 aliphatic heterocycles. The summed E-state index contributed by atoms with van der Waals surface area (Å²) < 4.78 is 0. The van der Waals surface area contributed by atoms with Gasteiger partial charge in [-0.1, -0.05) is 6.92 Å². The van der Waals surface area contributed by atoms with E-state index >= 15 is 0 Å². The Morgan fingerprint density at radius 3 is 2.42 bits per heavy atom. The van der Waals surface area contributed by atoms with Gasteiger partial charge in [-0.3, -0.25) is 9.78 Å². The van der Waals surface area contributed by atoms with E-state index in [0.29, 0.717) is 24.6 Å². The standard InChI is InChI=1S/C13H15N5O/c1-2-13(19)16-12-4-3-11(17-18-12)15-9-10-5-7-14-8-6-10/h3-8H,2,9H2,1H3,(H,15,17)(H,16,18,19). The highest BCUT2D eigenvalue weighted by Gasteiger charge is 2.01. The van der Waals surface area contributed by atoms with Gasteiger partial charge in [0, 0.05) is 25.4 Å². The predicted molar refractivity (Wildman–Crippen MR) is 72.5 cm³/mol. The number of hydrogen-bond acceptors (Lipinski definition) is 5. The molecule has 0 spiro atoms. The number of pyridine rings is 1. The van der Waals surface area contributed by atoms with Gasteiger partial charge in [0.1, 0.15) is 5.82 Å². The van der Waals surface area contributed by atoms with E-state index in [9.17, 15) is 4.79 Å². The maximum absolute atomic E-state index is 11.2. The Labute approximate surface area is 111 Å². The Morgan fingerprint density at radius 1 is 1.11 bits per heavy atom. The quantitative estimate of drug-likeness (QED) is 0.854. The molecule has 2 heterocycles. The van der Waals surface area contributed by atoms with Crippen molar-refractivity contribution >= 4 is 17.5 Å². The first-order chi connectivity index (χ1) is 9.28. The largest absolute Gasteiger partial charge is 0.365 e. The number of rotatable bonds is 5. The highest BCUT2D eigenvalue weighted by atomic mass is 16.1. The van der Waals surface area contributed by atoms with E-state index in [0.717, 1.165) is 5.56 Å². The van der Waals surface area contributed by atoms with Gasteiger partial charge < -0.3 is 10.6 Å². The Morgan fingerprint density at radius 2 is 1.79 bits per heavy atom. The molecule has 0 saturated carbocycles. The second-order valence-corrected chi connectivity index (χ2v) is 3.91. The molecule has 6 nitrogen and oxygen atoms in total. The molecule has 0 fully saturated rings. The fourth-order valence-electron chi connectivity index (χ4n) is 1.42. The molecule has 2 N–H and O–H groups in total. The first-order valence-electron chi connectivity index (χ1n) is 6.04. The summed E-state index contributed by atoms with van der Waals surface area (Å²) in [5.74, 6) is 1.04. The number of hydrogen-bond donors (Lipinski definition) is 2. The first kappa shape index (κ1) is 12.9. The van der Waals surface area contributed by atoms with E-state index in [1.165, 1.54) is 0 Å². The van der Waals surface area contributed by atoms with Gasteiger partial charge in [0.05, 0.1) is 0 Å². The lowest BCUT2D eigenvalue weighted by atomic mass is 10.3. The summed E-state index contributed by atoms with van der Waals surface area (Å²) in [5.41, 5.74) is 1.11. The van der Waals surface area contributed by atoms with Crippen LogP contribution in [0.5, 0.6) is 0 Å². The van der Waals surface area contributed by atoms with Gasteiger partial charge in [-0.15, -0.1) is 10.2 Å². The molecule has 0 bridgehead atoms. The van der Waals surface area contributed by atoms with Crippen LogP contribution >= 0.6 is 0 Å². The number of carbonyl (C=O) groups excluding carboxylic acids is 1. The van der Waals surface area contributed by atoms with Crippen molar-refractivity contribution in [3.05, 3.63) is 42.2 Å². The van der Waals surface area contributed by atoms with E-state index in [1.54, 1.807) is 31.5 Å². The summed E-state index contributed by atoms with van der Waals surface area (Å²) in [5, 5.41) is 13.7. The van der Waals surface area contributed by atoms with Crippen molar-refractivity contribution in [3.8, 4) is 0 Å². The number of aromatic nitrogens is 3. The molecule has 98 valence electrons. The molecule has 0 radical (unpaired) electrons. The van der Waals surface area contributed by atoms with E-state index in [-0.39, 0.29) is 5.91 Å². The van der Waals surface area contributed by atoms with Crippen LogP contribution in [0, 0.1) is 0 Å². The second kappa shape index (κ2) is 6.44. The summed E-state index contributed by atoms with van der Waals surface area (Å²) >= 11 is 0. The van der Waals surface area contributed by atoms with Crippen LogP contribution in [-0.2, 0) is 11.3 Å². The Kier molecular flexibility index (Phi) is 4.39. The van der Waals surface area contributed by atoms with Crippen molar-refractivity contribution in [2.75, 3.05) is 10.6 Å². The average molecular weight is 257 g/mol. The lowest BCUT2D eigenvalue weighted by molar-refractivity contribution is -0.115. The molecule has 0 aromatic carbocycles. The Hall–Kier alpha value is -2.50. The number of nitrogens with one attached hydrogen (secondary N) is 2. The molecule has 0 saturated heterocycles. The molecule has 19 heavy (non-hydrogen) atoms. The molecule has 6 heteroatoms. The minimum absolute atomic E-state index is 0.0770. The number of anilines is 2. The third-order valence-corrected chi connectivity index (χ3v) is 2.48. The average Bonchev–Trinajstić information content (AvgIpc) is 2.47. The zero-order chi connectivity index (χ0) is 13.5. The lowest BCUT2D eigenvalue weighted by Gasteiger charge is -2.06. The molecular formula is C13H15N5O. The molecule has 0 atom stereocenters. The topological polar surface area (TPSA) is 79.8 Å². The molecule has 0 unspecified atom stereocenters. The van der Waals surface area contributed by atoms with E-state index < -0.39 is 0 Å². The van der Waals surface area contributed by atoms with Crippen LogP contribution in [0.3, 0.4) is 0 Å². The highest BCUT2D eigenvalue weighted by Crippen LogP contribution is 2.08. The molecule has 2 rings (SSSR count). The Bertz CT molecular complexity index is 526. The molecule has 0 aliphatic carbocycles. The second-order valence-electron chi connectivity index (χ2n) is 3.91. The van der Waals surface area contributed by atoms with E-state index in [1.807, 2.05) is 12.1 Å². The molecule has 0 aliphatic rings. The Balaban J connectivity index is 1.90. The molecule has 2 aromatic heterocycles. The summed E-state index contributed by atoms with van der Waals surface area (Å²) in [7, 11) is 0. The molecule has 2 aromatic rings. The van der Waals surface area contributed by atoms with Gasteiger partial charge in [-0.25, -0.2) is 0 Å². The van der Waals surface area contributed by atoms with Crippen molar-refractivity contribution in [2.24, 2.45) is 0 Å². The van der Waals surface area contributed by atoms with Crippen LogP contribution < -0.4 is 10.6 Å². The zero-order valence-corrected chi connectivity index (χ0v) is 10.6. The fraction of sp³-hybridized carbons (Fsp3) is 0.231. The van der Waals surface area contributed by atoms with Gasteiger partial charge in [-0.2, -0.15) is 0 Å². The van der Waals surface area contributed by atoms with Crippen molar-refractivity contribution in [1.29, 1.82) is 0 Å². The number of nitrogens with zero attached hydrogens (tertiary/aromatic N) is 3. The lowest BCUT2D eigenvalue weighted by Crippen LogP contribution is -2.11. The normalized spacial score (nSPS) is 9.95. The van der Waals surface area contributed by atoms with Gasteiger partial charge in [0.2, 0.25) is 5.91 Å². The minimum Gasteiger partial charge on any atom is -0.365 e. The van der Waals surface area contributed by atoms with Crippen LogP contribution in [0.1, 0.15) is 18.9 Å². The summed E-state index contributed by atoms with van der Waals surface area (Å²) in [6.07, 6.45) is 3.90. The molecule has 1 amide bonds. The van der Waals surface area contributed by atoms with Crippen molar-refractivity contribution in [2.45, 2.75) is 19.9 Å². The van der Waals surface area contributed by atoms with Gasteiger partial charge in [0.25, 0.3) is 0 Å². The van der Waals surface area contributed by atoms with Crippen LogP contribution in [0.25, 0.3) is 0 Å².